The van der Waals surface area contributed by atoms with E-state index in [1.807, 2.05) is 20.8 Å². The Bertz CT molecular complexity index is 886. The van der Waals surface area contributed by atoms with E-state index in [9.17, 15) is 9.59 Å². The molecule has 2 aliphatic heterocycles. The first-order valence-corrected chi connectivity index (χ1v) is 10.3. The number of carbonyl (C=O) groups excluding carboxylic acids is 2. The number of carbonyl (C=O) groups is 2. The molecular weight excluding hydrogens is 372 g/mol. The van der Waals surface area contributed by atoms with Crippen molar-refractivity contribution in [1.82, 2.24) is 30.5 Å². The Kier molecular flexibility index (Phi) is 5.40. The molecular formula is C20H28N6O3. The molecule has 2 N–H and O–H groups in total. The fourth-order valence-electron chi connectivity index (χ4n) is 4.02. The molecule has 0 aliphatic carbocycles. The van der Waals surface area contributed by atoms with Crippen molar-refractivity contribution in [3.63, 3.8) is 0 Å². The fourth-order valence-corrected chi connectivity index (χ4v) is 4.02. The third-order valence-corrected chi connectivity index (χ3v) is 5.48. The molecule has 0 bridgehead atoms. The highest BCUT2D eigenvalue weighted by atomic mass is 16.5. The minimum Gasteiger partial charge on any atom is -0.361 e. The van der Waals surface area contributed by atoms with Crippen molar-refractivity contribution in [3.05, 3.63) is 34.5 Å². The normalized spacial score (nSPS) is 19.0. The molecule has 1 unspecified atom stereocenters. The maximum Gasteiger partial charge on any atom is 0.274 e. The molecule has 2 aromatic rings. The summed E-state index contributed by atoms with van der Waals surface area (Å²) in [5.41, 5.74) is 2.60. The Labute approximate surface area is 169 Å². The van der Waals surface area contributed by atoms with E-state index in [4.69, 9.17) is 4.52 Å². The van der Waals surface area contributed by atoms with Crippen molar-refractivity contribution >= 4 is 11.8 Å². The van der Waals surface area contributed by atoms with Crippen LogP contribution in [0.5, 0.6) is 0 Å². The maximum atomic E-state index is 12.8. The highest BCUT2D eigenvalue weighted by Gasteiger charge is 2.29. The van der Waals surface area contributed by atoms with Gasteiger partial charge in [0.1, 0.15) is 11.5 Å². The van der Waals surface area contributed by atoms with Gasteiger partial charge in [-0.05, 0) is 52.8 Å². The molecule has 2 amide bonds. The third-order valence-electron chi connectivity index (χ3n) is 5.48. The standard InChI is InChI=1S/C20H28N6O3/c1-12(2)21-19(27)17-9-15-8-14(10-26(15)23-17)22-20(28)18-16(13(3)29-24-18)11-25-6-4-5-7-25/h9,12,14H,4-8,10-11H2,1-3H3,(H,21,27)(H,22,28). The molecule has 4 heterocycles. The lowest BCUT2D eigenvalue weighted by Gasteiger charge is -2.15. The zero-order chi connectivity index (χ0) is 20.5. The third kappa shape index (κ3) is 4.19. The van der Waals surface area contributed by atoms with Crippen molar-refractivity contribution < 1.29 is 14.1 Å². The maximum absolute atomic E-state index is 12.8. The molecule has 29 heavy (non-hydrogen) atoms. The monoisotopic (exact) mass is 400 g/mol. The number of aromatic nitrogens is 3. The number of fused-ring (bicyclic) bond motifs is 1. The van der Waals surface area contributed by atoms with Gasteiger partial charge in [0.05, 0.1) is 12.6 Å². The van der Waals surface area contributed by atoms with Gasteiger partial charge in [-0.15, -0.1) is 0 Å². The van der Waals surface area contributed by atoms with E-state index < -0.39 is 0 Å². The predicted molar refractivity (Wildman–Crippen MR) is 106 cm³/mol. The molecule has 9 heteroatoms. The molecule has 1 fully saturated rings. The van der Waals surface area contributed by atoms with E-state index in [2.05, 4.69) is 25.8 Å². The van der Waals surface area contributed by atoms with E-state index in [0.29, 0.717) is 36.7 Å². The summed E-state index contributed by atoms with van der Waals surface area (Å²) >= 11 is 0. The first kappa shape index (κ1) is 19.6. The number of hydrogen-bond donors (Lipinski definition) is 2. The number of nitrogens with one attached hydrogen (secondary N) is 2. The smallest absolute Gasteiger partial charge is 0.274 e. The van der Waals surface area contributed by atoms with Crippen LogP contribution in [0.2, 0.25) is 0 Å². The van der Waals surface area contributed by atoms with Gasteiger partial charge in [0.15, 0.2) is 5.69 Å². The topological polar surface area (TPSA) is 105 Å². The van der Waals surface area contributed by atoms with Crippen molar-refractivity contribution in [3.8, 4) is 0 Å². The summed E-state index contributed by atoms with van der Waals surface area (Å²) in [6, 6.07) is 1.78. The van der Waals surface area contributed by atoms with Crippen molar-refractivity contribution in [2.24, 2.45) is 0 Å². The Hall–Kier alpha value is -2.68. The Balaban J connectivity index is 1.38. The summed E-state index contributed by atoms with van der Waals surface area (Å²) in [6.07, 6.45) is 3.01. The van der Waals surface area contributed by atoms with Crippen LogP contribution in [-0.2, 0) is 19.5 Å². The molecule has 1 atom stereocenters. The molecule has 0 aromatic carbocycles. The molecule has 2 aromatic heterocycles. The molecule has 9 nitrogen and oxygen atoms in total. The Morgan fingerprint density at radius 1 is 1.28 bits per heavy atom. The lowest BCUT2D eigenvalue weighted by atomic mass is 10.1. The number of amides is 2. The summed E-state index contributed by atoms with van der Waals surface area (Å²) in [5.74, 6) is 0.305. The molecule has 0 saturated carbocycles. The Morgan fingerprint density at radius 3 is 2.72 bits per heavy atom. The van der Waals surface area contributed by atoms with Gasteiger partial charge in [-0.1, -0.05) is 5.16 Å². The minimum atomic E-state index is -0.218. The van der Waals surface area contributed by atoms with E-state index in [0.717, 1.165) is 24.3 Å². The summed E-state index contributed by atoms with van der Waals surface area (Å²) in [5, 5.41) is 14.3. The summed E-state index contributed by atoms with van der Waals surface area (Å²) < 4.78 is 7.10. The summed E-state index contributed by atoms with van der Waals surface area (Å²) in [4.78, 5) is 27.3. The minimum absolute atomic E-state index is 0.0618. The average Bonchev–Trinajstić information content (AvgIpc) is 3.40. The quantitative estimate of drug-likeness (QED) is 0.757. The van der Waals surface area contributed by atoms with Gasteiger partial charge < -0.3 is 15.2 Å². The van der Waals surface area contributed by atoms with Gasteiger partial charge >= 0.3 is 0 Å². The van der Waals surface area contributed by atoms with E-state index in [-0.39, 0.29) is 23.9 Å². The Morgan fingerprint density at radius 2 is 2.03 bits per heavy atom. The van der Waals surface area contributed by atoms with Crippen LogP contribution in [0.15, 0.2) is 10.6 Å². The van der Waals surface area contributed by atoms with Gasteiger partial charge in [0, 0.05) is 30.3 Å². The first-order chi connectivity index (χ1) is 13.9. The SMILES string of the molecule is Cc1onc(C(=O)NC2Cc3cc(C(=O)NC(C)C)nn3C2)c1CN1CCCC1. The molecule has 156 valence electrons. The largest absolute Gasteiger partial charge is 0.361 e. The summed E-state index contributed by atoms with van der Waals surface area (Å²) in [7, 11) is 0. The van der Waals surface area contributed by atoms with Crippen molar-refractivity contribution in [2.75, 3.05) is 13.1 Å². The van der Waals surface area contributed by atoms with Crippen LogP contribution in [0.4, 0.5) is 0 Å². The molecule has 0 spiro atoms. The second kappa shape index (κ2) is 7.98. The van der Waals surface area contributed by atoms with Gasteiger partial charge in [0.25, 0.3) is 11.8 Å². The number of aryl methyl sites for hydroxylation is 1. The first-order valence-electron chi connectivity index (χ1n) is 10.3. The zero-order valence-electron chi connectivity index (χ0n) is 17.2. The van der Waals surface area contributed by atoms with E-state index in [1.54, 1.807) is 10.7 Å². The van der Waals surface area contributed by atoms with Gasteiger partial charge in [-0.3, -0.25) is 19.2 Å². The van der Waals surface area contributed by atoms with Gasteiger partial charge in [0.2, 0.25) is 0 Å². The molecule has 2 aliphatic rings. The second-order valence-corrected chi connectivity index (χ2v) is 8.25. The van der Waals surface area contributed by atoms with Crippen LogP contribution in [-0.4, -0.2) is 56.8 Å². The van der Waals surface area contributed by atoms with Crippen LogP contribution >= 0.6 is 0 Å². The van der Waals surface area contributed by atoms with Crippen LogP contribution in [0.25, 0.3) is 0 Å². The zero-order valence-corrected chi connectivity index (χ0v) is 17.2. The van der Waals surface area contributed by atoms with Crippen LogP contribution in [0, 0.1) is 6.92 Å². The summed E-state index contributed by atoms with van der Waals surface area (Å²) in [6.45, 7) is 9.00. The highest BCUT2D eigenvalue weighted by molar-refractivity contribution is 5.94. The predicted octanol–water partition coefficient (Wildman–Crippen LogP) is 1.27. The number of likely N-dealkylation sites (tertiary alicyclic amines) is 1. The van der Waals surface area contributed by atoms with Crippen LogP contribution < -0.4 is 10.6 Å². The highest BCUT2D eigenvalue weighted by Crippen LogP contribution is 2.21. The molecule has 1 saturated heterocycles. The molecule has 4 rings (SSSR count). The lowest BCUT2D eigenvalue weighted by Crippen LogP contribution is -2.37. The van der Waals surface area contributed by atoms with Gasteiger partial charge in [-0.2, -0.15) is 5.10 Å². The second-order valence-electron chi connectivity index (χ2n) is 8.25. The van der Waals surface area contributed by atoms with Crippen LogP contribution in [0.1, 0.15) is 64.7 Å². The number of nitrogens with zero attached hydrogens (tertiary/aromatic N) is 4. The van der Waals surface area contributed by atoms with E-state index in [1.165, 1.54) is 12.8 Å². The van der Waals surface area contributed by atoms with Gasteiger partial charge in [-0.25, -0.2) is 0 Å². The number of rotatable bonds is 6. The lowest BCUT2D eigenvalue weighted by molar-refractivity contribution is 0.0917. The van der Waals surface area contributed by atoms with Crippen molar-refractivity contribution in [2.45, 2.75) is 65.2 Å². The van der Waals surface area contributed by atoms with Crippen LogP contribution in [0.3, 0.4) is 0 Å². The molecule has 0 radical (unpaired) electrons. The van der Waals surface area contributed by atoms with E-state index >= 15 is 0 Å². The number of hydrogen-bond acceptors (Lipinski definition) is 6. The average molecular weight is 400 g/mol. The van der Waals surface area contributed by atoms with Crippen molar-refractivity contribution in [1.29, 1.82) is 0 Å². The fraction of sp³-hybridized carbons (Fsp3) is 0.600.